The van der Waals surface area contributed by atoms with Crippen LogP contribution in [0, 0.1) is 5.82 Å². The van der Waals surface area contributed by atoms with Gasteiger partial charge >= 0.3 is 0 Å². The summed E-state index contributed by atoms with van der Waals surface area (Å²) in [6.07, 6.45) is 4.44. The maximum atomic E-state index is 13.8. The van der Waals surface area contributed by atoms with Gasteiger partial charge in [-0.3, -0.25) is 9.48 Å². The van der Waals surface area contributed by atoms with Crippen molar-refractivity contribution in [3.05, 3.63) is 48.3 Å². The third kappa shape index (κ3) is 2.29. The van der Waals surface area contributed by atoms with E-state index in [-0.39, 0.29) is 11.7 Å². The predicted octanol–water partition coefficient (Wildman–Crippen LogP) is 1.27. The standard InChI is InChI=1S/C14H15FN4O/c15-12-4-2-1-3-11(12)14(5-6-14)13(20)17-7-8-19-10-16-9-18-19/h1-4,9-10H,5-8H2,(H,17,20). The van der Waals surface area contributed by atoms with Gasteiger partial charge in [-0.05, 0) is 18.9 Å². The Balaban J connectivity index is 1.63. The highest BCUT2D eigenvalue weighted by atomic mass is 19.1. The number of hydrogen-bond donors (Lipinski definition) is 1. The van der Waals surface area contributed by atoms with E-state index in [1.54, 1.807) is 29.2 Å². The molecule has 0 radical (unpaired) electrons. The van der Waals surface area contributed by atoms with Gasteiger partial charge in [0.2, 0.25) is 5.91 Å². The lowest BCUT2D eigenvalue weighted by molar-refractivity contribution is -0.123. The second-order valence-electron chi connectivity index (χ2n) is 4.98. The Bertz CT molecular complexity index is 607. The van der Waals surface area contributed by atoms with Crippen LogP contribution in [0.25, 0.3) is 0 Å². The summed E-state index contributed by atoms with van der Waals surface area (Å²) in [4.78, 5) is 16.1. The van der Waals surface area contributed by atoms with Gasteiger partial charge in [-0.1, -0.05) is 18.2 Å². The monoisotopic (exact) mass is 274 g/mol. The number of halogens is 1. The molecule has 1 amide bonds. The molecule has 0 aliphatic heterocycles. The molecule has 0 atom stereocenters. The van der Waals surface area contributed by atoms with Crippen LogP contribution in [0.5, 0.6) is 0 Å². The maximum Gasteiger partial charge on any atom is 0.230 e. The quantitative estimate of drug-likeness (QED) is 0.893. The zero-order chi connectivity index (χ0) is 14.0. The Kier molecular flexibility index (Phi) is 3.22. The molecular formula is C14H15FN4O. The van der Waals surface area contributed by atoms with Gasteiger partial charge < -0.3 is 5.32 Å². The Labute approximate surface area is 115 Å². The minimum Gasteiger partial charge on any atom is -0.353 e. The van der Waals surface area contributed by atoms with Crippen molar-refractivity contribution in [3.63, 3.8) is 0 Å². The van der Waals surface area contributed by atoms with Crippen LogP contribution >= 0.6 is 0 Å². The molecule has 0 bridgehead atoms. The molecule has 1 aliphatic rings. The van der Waals surface area contributed by atoms with Crippen LogP contribution < -0.4 is 5.32 Å². The summed E-state index contributed by atoms with van der Waals surface area (Å²) in [5.74, 6) is -0.417. The summed E-state index contributed by atoms with van der Waals surface area (Å²) in [5, 5.41) is 6.81. The molecule has 1 heterocycles. The molecule has 104 valence electrons. The molecule has 6 heteroatoms. The molecule has 1 aliphatic carbocycles. The molecule has 5 nitrogen and oxygen atoms in total. The largest absolute Gasteiger partial charge is 0.353 e. The van der Waals surface area contributed by atoms with Crippen molar-refractivity contribution in [1.29, 1.82) is 0 Å². The van der Waals surface area contributed by atoms with Gasteiger partial charge in [0.1, 0.15) is 18.5 Å². The van der Waals surface area contributed by atoms with Crippen LogP contribution in [-0.2, 0) is 16.8 Å². The molecule has 1 saturated carbocycles. The summed E-state index contributed by atoms with van der Waals surface area (Å²) in [7, 11) is 0. The van der Waals surface area contributed by atoms with E-state index >= 15 is 0 Å². The van der Waals surface area contributed by atoms with Crippen LogP contribution in [0.4, 0.5) is 4.39 Å². The first-order valence-electron chi connectivity index (χ1n) is 6.58. The van der Waals surface area contributed by atoms with Crippen molar-refractivity contribution in [3.8, 4) is 0 Å². The smallest absolute Gasteiger partial charge is 0.230 e. The summed E-state index contributed by atoms with van der Waals surface area (Å²) >= 11 is 0. The predicted molar refractivity (Wildman–Crippen MR) is 70.3 cm³/mol. The topological polar surface area (TPSA) is 59.8 Å². The molecular weight excluding hydrogens is 259 g/mol. The molecule has 0 saturated heterocycles. The fourth-order valence-electron chi connectivity index (χ4n) is 2.39. The van der Waals surface area contributed by atoms with Crippen LogP contribution in [0.15, 0.2) is 36.9 Å². The summed E-state index contributed by atoms with van der Waals surface area (Å²) in [5.41, 5.74) is -0.175. The number of aromatic nitrogens is 3. The molecule has 1 aromatic heterocycles. The van der Waals surface area contributed by atoms with E-state index in [1.807, 2.05) is 0 Å². The number of amides is 1. The van der Waals surface area contributed by atoms with E-state index in [9.17, 15) is 9.18 Å². The molecule has 0 unspecified atom stereocenters. The van der Waals surface area contributed by atoms with Crippen LogP contribution in [0.2, 0.25) is 0 Å². The normalized spacial score (nSPS) is 15.8. The van der Waals surface area contributed by atoms with Gasteiger partial charge in [-0.2, -0.15) is 5.10 Å². The minimum atomic E-state index is -0.673. The number of carbonyl (C=O) groups excluding carboxylic acids is 1. The molecule has 1 fully saturated rings. The number of rotatable bonds is 5. The van der Waals surface area contributed by atoms with E-state index in [2.05, 4.69) is 15.4 Å². The molecule has 1 N–H and O–H groups in total. The molecule has 20 heavy (non-hydrogen) atoms. The second-order valence-corrected chi connectivity index (χ2v) is 4.98. The molecule has 3 rings (SSSR count). The van der Waals surface area contributed by atoms with E-state index < -0.39 is 5.41 Å². The fraction of sp³-hybridized carbons (Fsp3) is 0.357. The first-order valence-corrected chi connectivity index (χ1v) is 6.58. The van der Waals surface area contributed by atoms with E-state index in [0.29, 0.717) is 31.5 Å². The van der Waals surface area contributed by atoms with Gasteiger partial charge in [-0.15, -0.1) is 0 Å². The average molecular weight is 274 g/mol. The lowest BCUT2D eigenvalue weighted by Crippen LogP contribution is -2.37. The van der Waals surface area contributed by atoms with E-state index in [0.717, 1.165) is 0 Å². The summed E-state index contributed by atoms with van der Waals surface area (Å²) in [6, 6.07) is 6.50. The number of nitrogens with one attached hydrogen (secondary N) is 1. The van der Waals surface area contributed by atoms with Crippen molar-refractivity contribution in [2.75, 3.05) is 6.54 Å². The van der Waals surface area contributed by atoms with Gasteiger partial charge in [0.05, 0.1) is 12.0 Å². The second kappa shape index (κ2) is 5.03. The van der Waals surface area contributed by atoms with E-state index in [4.69, 9.17) is 0 Å². The van der Waals surface area contributed by atoms with Gasteiger partial charge in [0.25, 0.3) is 0 Å². The van der Waals surface area contributed by atoms with E-state index in [1.165, 1.54) is 12.4 Å². The SMILES string of the molecule is O=C(NCCn1cncn1)C1(c2ccccc2F)CC1. The molecule has 0 spiro atoms. The van der Waals surface area contributed by atoms with Crippen molar-refractivity contribution in [1.82, 2.24) is 20.1 Å². The van der Waals surface area contributed by atoms with Crippen molar-refractivity contribution in [2.45, 2.75) is 24.8 Å². The van der Waals surface area contributed by atoms with Crippen LogP contribution in [-0.4, -0.2) is 27.2 Å². The third-order valence-corrected chi connectivity index (χ3v) is 3.67. The highest BCUT2D eigenvalue weighted by Crippen LogP contribution is 2.49. The van der Waals surface area contributed by atoms with Crippen LogP contribution in [0.3, 0.4) is 0 Å². The van der Waals surface area contributed by atoms with Gasteiger partial charge in [0.15, 0.2) is 0 Å². The van der Waals surface area contributed by atoms with Crippen molar-refractivity contribution in [2.24, 2.45) is 0 Å². The third-order valence-electron chi connectivity index (χ3n) is 3.67. The Morgan fingerprint density at radius 2 is 2.20 bits per heavy atom. The first kappa shape index (κ1) is 12.8. The van der Waals surface area contributed by atoms with Crippen molar-refractivity contribution < 1.29 is 9.18 Å². The molecule has 1 aromatic carbocycles. The zero-order valence-electron chi connectivity index (χ0n) is 10.9. The maximum absolute atomic E-state index is 13.8. The van der Waals surface area contributed by atoms with Crippen LogP contribution in [0.1, 0.15) is 18.4 Å². The van der Waals surface area contributed by atoms with Gasteiger partial charge in [-0.25, -0.2) is 9.37 Å². The summed E-state index contributed by atoms with van der Waals surface area (Å²) in [6.45, 7) is 1.01. The summed E-state index contributed by atoms with van der Waals surface area (Å²) < 4.78 is 15.5. The minimum absolute atomic E-state index is 0.109. The highest BCUT2D eigenvalue weighted by Gasteiger charge is 2.52. The fourth-order valence-corrected chi connectivity index (χ4v) is 2.39. The first-order chi connectivity index (χ1) is 9.72. The molecule has 2 aromatic rings. The average Bonchev–Trinajstić information content (AvgIpc) is 3.09. The number of hydrogen-bond acceptors (Lipinski definition) is 3. The Morgan fingerprint density at radius 3 is 2.85 bits per heavy atom. The Morgan fingerprint density at radius 1 is 1.40 bits per heavy atom. The van der Waals surface area contributed by atoms with Crippen molar-refractivity contribution >= 4 is 5.91 Å². The Hall–Kier alpha value is -2.24. The number of nitrogens with zero attached hydrogens (tertiary/aromatic N) is 3. The lowest BCUT2D eigenvalue weighted by Gasteiger charge is -2.16. The van der Waals surface area contributed by atoms with Gasteiger partial charge in [0, 0.05) is 12.1 Å². The number of benzene rings is 1. The zero-order valence-corrected chi connectivity index (χ0v) is 10.9. The number of carbonyl (C=O) groups is 1. The lowest BCUT2D eigenvalue weighted by atomic mass is 9.94. The highest BCUT2D eigenvalue weighted by molar-refractivity contribution is 5.91.